The molecule has 0 bridgehead atoms. The second kappa shape index (κ2) is 38.9. The molecule has 0 saturated carbocycles. The van der Waals surface area contributed by atoms with Crippen LogP contribution in [0.1, 0.15) is 138 Å². The molecular weight excluding hydrogens is 1830 g/mol. The fraction of sp³-hybridized carbons (Fsp3) is 0.155. The third kappa shape index (κ3) is 17.7. The zero-order chi connectivity index (χ0) is 103. The first-order valence-electron chi connectivity index (χ1n) is 52.3. The lowest BCUT2D eigenvalue weighted by Crippen LogP contribution is -2.23. The summed E-state index contributed by atoms with van der Waals surface area (Å²) >= 11 is 0. The molecule has 2 atom stereocenters. The third-order valence-corrected chi connectivity index (χ3v) is 32.6. The van der Waals surface area contributed by atoms with E-state index in [2.05, 4.69) is 513 Å². The highest BCUT2D eigenvalue weighted by Crippen LogP contribution is 2.59. The van der Waals surface area contributed by atoms with Crippen molar-refractivity contribution in [3.63, 3.8) is 0 Å². The first kappa shape index (κ1) is 96.3. The Kier molecular flexibility index (Phi) is 25.0. The Morgan fingerprint density at radius 2 is 0.360 bits per heavy atom. The van der Waals surface area contributed by atoms with E-state index in [9.17, 15) is 0 Å². The molecule has 2 unspecified atom stereocenters. The summed E-state index contributed by atoms with van der Waals surface area (Å²) in [4.78, 5) is 9.34. The van der Waals surface area contributed by atoms with Crippen molar-refractivity contribution in [2.75, 3.05) is 48.0 Å². The molecule has 8 heteroatoms. The molecule has 0 aromatic heterocycles. The molecule has 0 amide bonds. The number of hydrogen-bond acceptors (Lipinski definition) is 8. The van der Waals surface area contributed by atoms with Crippen LogP contribution in [0.25, 0.3) is 89.0 Å². The van der Waals surface area contributed by atoms with Crippen LogP contribution in [0.4, 0.5) is 68.2 Å². The molecule has 4 aliphatic rings. The maximum absolute atomic E-state index is 5.60. The highest BCUT2D eigenvalue weighted by molar-refractivity contribution is 5.91. The molecule has 0 heterocycles. The average Bonchev–Trinajstić information content (AvgIpc) is 1.57. The minimum Gasteiger partial charge on any atom is -0.497 e. The lowest BCUT2D eigenvalue weighted by molar-refractivity contribution is 0.414. The van der Waals surface area contributed by atoms with Crippen LogP contribution in [0.3, 0.4) is 0 Å². The maximum atomic E-state index is 5.60. The number of rotatable bonds is 24. The van der Waals surface area contributed by atoms with Crippen LogP contribution in [-0.2, 0) is 32.5 Å². The molecule has 0 spiro atoms. The summed E-state index contributed by atoms with van der Waals surface area (Å²) in [6, 6.07) is 173. The molecule has 24 rings (SSSR count). The standard InChI is InChI=1S/C74H66N2O2.C68H58N2O2/c1-71(2)47-74(7,52-25-18-48(19-26-52)49-20-27-53(28-21-49)75(55-31-37-59(77-8)38-32-55)57-35-41-63-61-14-10-12-16-65(61)72(3,4)68(63)45-57)70-44-51(24-43-67(70)71)50-22-29-54(30-23-50)76(56-33-39-60(78-9)40-34-56)58-36-42-64-62-15-11-13-17-66(62)73(5,6)69(64)46-58;1-67(2)47-68(3,56-27-16-50(17-28-56)53-22-33-59(34-23-53)69(61-37-41-63(71-4)42-38-61)57-29-18-51(19-30-57)48-12-8-6-9-13-48)66-46-55(26-45-65(66)67)54-24-35-60(36-25-54)70(62-39-43-64(72-5)44-40-62)58-31-20-52(21-32-58)49-14-10-7-11-15-49/h10-46H,47H2,1-9H3;6-46H,47H2,1-5H3. The summed E-state index contributed by atoms with van der Waals surface area (Å²) in [6.45, 7) is 23.9. The van der Waals surface area contributed by atoms with E-state index in [0.717, 1.165) is 104 Å². The van der Waals surface area contributed by atoms with Gasteiger partial charge >= 0.3 is 0 Å². The van der Waals surface area contributed by atoms with E-state index in [1.165, 1.54) is 145 Å². The van der Waals surface area contributed by atoms with E-state index in [0.29, 0.717) is 0 Å². The SMILES string of the molecule is COc1ccc(N(c2ccc(-c3ccc(C4(C)CC(C)(C)c5ccc(-c6ccc(N(c7ccc(OC)cc7)c7ccc8c(c7)C(C)(C)c7ccccc7-8)cc6)cc54)cc3)cc2)c2ccc3c(c2)C(C)(C)c2ccccc2-3)cc1.COc1ccc(N(c2ccc(-c3ccccc3)cc2)c2ccc(-c3ccc(C4(C)CC(C)(C)c5ccc(-c6ccc(N(c7ccc(OC)cc7)c7ccc(-c8ccccc8)cc7)cc6)cc54)cc3)cc2)cc1. The van der Waals surface area contributed by atoms with Crippen molar-refractivity contribution < 1.29 is 18.9 Å². The number of methoxy groups -OCH3 is 4. The summed E-state index contributed by atoms with van der Waals surface area (Å²) < 4.78 is 22.2. The van der Waals surface area contributed by atoms with E-state index in [4.69, 9.17) is 18.9 Å². The Labute approximate surface area is 884 Å². The molecule has 736 valence electrons. The predicted octanol–water partition coefficient (Wildman–Crippen LogP) is 37.9. The van der Waals surface area contributed by atoms with Gasteiger partial charge in [0.05, 0.1) is 28.4 Å². The van der Waals surface area contributed by atoms with Crippen molar-refractivity contribution in [2.24, 2.45) is 0 Å². The maximum Gasteiger partial charge on any atom is 0.119 e. The van der Waals surface area contributed by atoms with Gasteiger partial charge in [-0.05, 0) is 375 Å². The molecule has 0 N–H and O–H groups in total. The second-order valence-electron chi connectivity index (χ2n) is 43.4. The van der Waals surface area contributed by atoms with Crippen LogP contribution >= 0.6 is 0 Å². The summed E-state index contributed by atoms with van der Waals surface area (Å²) in [7, 11) is 6.85. The smallest absolute Gasteiger partial charge is 0.119 e. The molecule has 150 heavy (non-hydrogen) atoms. The van der Waals surface area contributed by atoms with Gasteiger partial charge in [0.15, 0.2) is 0 Å². The summed E-state index contributed by atoms with van der Waals surface area (Å²) in [6.07, 6.45) is 2.05. The number of hydrogen-bond donors (Lipinski definition) is 0. The molecule has 0 radical (unpaired) electrons. The lowest BCUT2D eigenvalue weighted by Gasteiger charge is -2.29. The molecule has 0 aliphatic heterocycles. The molecular formula is C142H124N4O4. The minimum absolute atomic E-state index is 0.0138. The van der Waals surface area contributed by atoms with Crippen LogP contribution in [0, 0.1) is 0 Å². The van der Waals surface area contributed by atoms with E-state index in [-0.39, 0.29) is 32.5 Å². The van der Waals surface area contributed by atoms with Crippen molar-refractivity contribution in [1.29, 1.82) is 0 Å². The van der Waals surface area contributed by atoms with Crippen molar-refractivity contribution in [3.8, 4) is 112 Å². The molecule has 20 aromatic carbocycles. The first-order chi connectivity index (χ1) is 72.8. The predicted molar refractivity (Wildman–Crippen MR) is 627 cm³/mol. The lowest BCUT2D eigenvalue weighted by atomic mass is 9.74. The Hall–Kier alpha value is -17.2. The van der Waals surface area contributed by atoms with Gasteiger partial charge in [-0.25, -0.2) is 0 Å². The van der Waals surface area contributed by atoms with Crippen LogP contribution in [-0.4, -0.2) is 28.4 Å². The van der Waals surface area contributed by atoms with Crippen LogP contribution in [0.5, 0.6) is 23.0 Å². The Morgan fingerprint density at radius 1 is 0.160 bits per heavy atom. The molecule has 20 aromatic rings. The highest BCUT2D eigenvalue weighted by Gasteiger charge is 2.48. The molecule has 8 nitrogen and oxygen atoms in total. The molecule has 4 aliphatic carbocycles. The van der Waals surface area contributed by atoms with Gasteiger partial charge in [0.25, 0.3) is 0 Å². The Morgan fingerprint density at radius 3 is 0.620 bits per heavy atom. The molecule has 0 saturated heterocycles. The van der Waals surface area contributed by atoms with E-state index in [1.807, 2.05) is 48.5 Å². The largest absolute Gasteiger partial charge is 0.497 e. The van der Waals surface area contributed by atoms with Gasteiger partial charge in [-0.1, -0.05) is 336 Å². The quantitative estimate of drug-likeness (QED) is 0.0593. The van der Waals surface area contributed by atoms with Gasteiger partial charge in [-0.3, -0.25) is 0 Å². The normalized spacial score (nSPS) is 15.6. The monoisotopic (exact) mass is 1950 g/mol. The van der Waals surface area contributed by atoms with Crippen molar-refractivity contribution in [1.82, 2.24) is 0 Å². The number of benzene rings is 20. The summed E-state index contributed by atoms with van der Waals surface area (Å²) in [5, 5.41) is 0. The Balaban J connectivity index is 0.000000165. The van der Waals surface area contributed by atoms with Crippen LogP contribution in [0.2, 0.25) is 0 Å². The minimum atomic E-state index is -0.173. The van der Waals surface area contributed by atoms with Gasteiger partial charge in [-0.2, -0.15) is 0 Å². The summed E-state index contributed by atoms with van der Waals surface area (Å²) in [5.41, 5.74) is 46.0. The van der Waals surface area contributed by atoms with E-state index >= 15 is 0 Å². The second-order valence-corrected chi connectivity index (χ2v) is 43.4. The third-order valence-electron chi connectivity index (χ3n) is 32.6. The van der Waals surface area contributed by atoms with Gasteiger partial charge in [0.2, 0.25) is 0 Å². The van der Waals surface area contributed by atoms with E-state index < -0.39 is 0 Å². The zero-order valence-corrected chi connectivity index (χ0v) is 87.9. The first-order valence-corrected chi connectivity index (χ1v) is 52.3. The van der Waals surface area contributed by atoms with E-state index in [1.54, 1.807) is 28.4 Å². The zero-order valence-electron chi connectivity index (χ0n) is 87.9. The number of fused-ring (bicyclic) bond motifs is 8. The average molecular weight is 1950 g/mol. The number of ether oxygens (including phenoxy) is 4. The van der Waals surface area contributed by atoms with Gasteiger partial charge in [0.1, 0.15) is 23.0 Å². The number of nitrogens with zero attached hydrogens (tertiary/aromatic N) is 4. The van der Waals surface area contributed by atoms with Gasteiger partial charge in [0, 0.05) is 89.9 Å². The Bertz CT molecular complexity index is 8340. The van der Waals surface area contributed by atoms with Crippen LogP contribution in [0.15, 0.2) is 473 Å². The fourth-order valence-corrected chi connectivity index (χ4v) is 24.7. The summed E-state index contributed by atoms with van der Waals surface area (Å²) in [5.74, 6) is 3.34. The number of anilines is 12. The highest BCUT2D eigenvalue weighted by atomic mass is 16.5. The molecule has 0 fully saturated rings. The van der Waals surface area contributed by atoms with Crippen molar-refractivity contribution in [3.05, 3.63) is 529 Å². The fourth-order valence-electron chi connectivity index (χ4n) is 24.7. The topological polar surface area (TPSA) is 49.9 Å². The van der Waals surface area contributed by atoms with Crippen molar-refractivity contribution >= 4 is 68.2 Å². The van der Waals surface area contributed by atoms with Crippen molar-refractivity contribution in [2.45, 2.75) is 115 Å². The van der Waals surface area contributed by atoms with Gasteiger partial charge in [-0.15, -0.1) is 0 Å². The van der Waals surface area contributed by atoms with Gasteiger partial charge < -0.3 is 38.5 Å². The van der Waals surface area contributed by atoms with Crippen LogP contribution < -0.4 is 38.5 Å².